The van der Waals surface area contributed by atoms with Crippen molar-refractivity contribution in [3.8, 4) is 0 Å². The van der Waals surface area contributed by atoms with E-state index in [1.807, 2.05) is 19.9 Å². The maximum Gasteiger partial charge on any atom is 0.101 e. The molecule has 54 valence electrons. The highest BCUT2D eigenvalue weighted by Gasteiger charge is 2.10. The van der Waals surface area contributed by atoms with Crippen molar-refractivity contribution in [3.05, 3.63) is 23.0 Å². The fraction of sp³-hybridized carbons (Fsp3) is 0.375. The molecule has 0 amide bonds. The molecule has 2 N–H and O–H groups in total. The van der Waals surface area contributed by atoms with Crippen LogP contribution in [-0.2, 0) is 0 Å². The highest BCUT2D eigenvalue weighted by atomic mass is 16.3. The Morgan fingerprint density at radius 2 is 2.10 bits per heavy atom. The summed E-state index contributed by atoms with van der Waals surface area (Å²) in [4.78, 5) is 0. The standard InChI is InChI=1S/C8H11NO/c1-5-3-6(2)8(10)4-7(5)9/h3,9-10H,4H2,1-2H3. The average Bonchev–Trinajstić information content (AvgIpc) is 1.84. The Hall–Kier alpha value is -1.05. The lowest BCUT2D eigenvalue weighted by atomic mass is 9.98. The highest BCUT2D eigenvalue weighted by molar-refractivity contribution is 6.00. The smallest absolute Gasteiger partial charge is 0.101 e. The number of allylic oxidation sites excluding steroid dienone is 4. The van der Waals surface area contributed by atoms with Gasteiger partial charge in [-0.3, -0.25) is 0 Å². The van der Waals surface area contributed by atoms with Gasteiger partial charge in [0.15, 0.2) is 0 Å². The summed E-state index contributed by atoms with van der Waals surface area (Å²) in [6.07, 6.45) is 2.23. The molecule has 0 atom stereocenters. The van der Waals surface area contributed by atoms with Crippen LogP contribution in [0.1, 0.15) is 20.3 Å². The van der Waals surface area contributed by atoms with Crippen LogP contribution in [0, 0.1) is 5.41 Å². The Morgan fingerprint density at radius 1 is 1.50 bits per heavy atom. The Morgan fingerprint density at radius 3 is 2.60 bits per heavy atom. The molecule has 0 aromatic carbocycles. The summed E-state index contributed by atoms with van der Waals surface area (Å²) < 4.78 is 0. The van der Waals surface area contributed by atoms with Crippen molar-refractivity contribution >= 4 is 5.71 Å². The van der Waals surface area contributed by atoms with Gasteiger partial charge in [-0.05, 0) is 25.0 Å². The first-order chi connectivity index (χ1) is 4.61. The minimum absolute atomic E-state index is 0.329. The number of hydrogen-bond acceptors (Lipinski definition) is 2. The number of rotatable bonds is 0. The van der Waals surface area contributed by atoms with Crippen LogP contribution < -0.4 is 0 Å². The monoisotopic (exact) mass is 137 g/mol. The molecule has 0 spiro atoms. The third-order valence-corrected chi connectivity index (χ3v) is 1.71. The lowest BCUT2D eigenvalue weighted by Gasteiger charge is -2.11. The van der Waals surface area contributed by atoms with E-state index in [-0.39, 0.29) is 0 Å². The predicted molar refractivity (Wildman–Crippen MR) is 41.4 cm³/mol. The van der Waals surface area contributed by atoms with Crippen LogP contribution in [0.15, 0.2) is 23.0 Å². The molecule has 2 nitrogen and oxygen atoms in total. The molecule has 0 aromatic rings. The summed E-state index contributed by atoms with van der Waals surface area (Å²) in [6, 6.07) is 0. The highest BCUT2D eigenvalue weighted by Crippen LogP contribution is 2.18. The zero-order chi connectivity index (χ0) is 7.72. The van der Waals surface area contributed by atoms with Crippen molar-refractivity contribution in [1.29, 1.82) is 5.41 Å². The molecule has 1 rings (SSSR count). The zero-order valence-corrected chi connectivity index (χ0v) is 6.23. The zero-order valence-electron chi connectivity index (χ0n) is 6.23. The normalized spacial score (nSPS) is 19.4. The molecule has 0 heterocycles. The van der Waals surface area contributed by atoms with Crippen molar-refractivity contribution in [2.45, 2.75) is 20.3 Å². The van der Waals surface area contributed by atoms with Crippen LogP contribution >= 0.6 is 0 Å². The fourth-order valence-electron chi connectivity index (χ4n) is 0.941. The minimum Gasteiger partial charge on any atom is -0.512 e. The summed E-state index contributed by atoms with van der Waals surface area (Å²) in [5, 5.41) is 16.5. The van der Waals surface area contributed by atoms with E-state index in [9.17, 15) is 0 Å². The maximum absolute atomic E-state index is 9.16. The van der Waals surface area contributed by atoms with Gasteiger partial charge < -0.3 is 10.5 Å². The van der Waals surface area contributed by atoms with Gasteiger partial charge in [0.25, 0.3) is 0 Å². The van der Waals surface area contributed by atoms with Crippen LogP contribution in [0.3, 0.4) is 0 Å². The first-order valence-electron chi connectivity index (χ1n) is 3.26. The van der Waals surface area contributed by atoms with E-state index in [0.29, 0.717) is 17.9 Å². The summed E-state index contributed by atoms with van der Waals surface area (Å²) >= 11 is 0. The van der Waals surface area contributed by atoms with Gasteiger partial charge in [-0.1, -0.05) is 6.08 Å². The van der Waals surface area contributed by atoms with Crippen molar-refractivity contribution < 1.29 is 5.11 Å². The van der Waals surface area contributed by atoms with Crippen molar-refractivity contribution in [2.75, 3.05) is 0 Å². The molecular weight excluding hydrogens is 126 g/mol. The van der Waals surface area contributed by atoms with Crippen molar-refractivity contribution in [1.82, 2.24) is 0 Å². The van der Waals surface area contributed by atoms with Crippen molar-refractivity contribution in [2.24, 2.45) is 0 Å². The molecule has 1 aliphatic rings. The molecule has 0 bridgehead atoms. The van der Waals surface area contributed by atoms with Gasteiger partial charge in [-0.2, -0.15) is 0 Å². The lowest BCUT2D eigenvalue weighted by Crippen LogP contribution is -2.06. The van der Waals surface area contributed by atoms with Crippen LogP contribution in [0.2, 0.25) is 0 Å². The van der Waals surface area contributed by atoms with Crippen LogP contribution in [0.5, 0.6) is 0 Å². The van der Waals surface area contributed by atoms with Crippen LogP contribution in [0.25, 0.3) is 0 Å². The SMILES string of the molecule is CC1=CC(C)=C(O)CC1=N. The van der Waals surface area contributed by atoms with E-state index >= 15 is 0 Å². The minimum atomic E-state index is 0.329. The van der Waals surface area contributed by atoms with Gasteiger partial charge >= 0.3 is 0 Å². The molecule has 1 aliphatic carbocycles. The molecule has 0 unspecified atom stereocenters. The van der Waals surface area contributed by atoms with Crippen molar-refractivity contribution in [3.63, 3.8) is 0 Å². The second-order valence-corrected chi connectivity index (χ2v) is 2.61. The lowest BCUT2D eigenvalue weighted by molar-refractivity contribution is 0.398. The largest absolute Gasteiger partial charge is 0.512 e. The van der Waals surface area contributed by atoms with E-state index in [2.05, 4.69) is 0 Å². The molecule has 0 saturated carbocycles. The molecular formula is C8H11NO. The topological polar surface area (TPSA) is 44.1 Å². The first kappa shape index (κ1) is 7.06. The third-order valence-electron chi connectivity index (χ3n) is 1.71. The van der Waals surface area contributed by atoms with Crippen LogP contribution in [-0.4, -0.2) is 10.8 Å². The predicted octanol–water partition coefficient (Wildman–Crippen LogP) is 2.19. The van der Waals surface area contributed by atoms with E-state index in [4.69, 9.17) is 10.5 Å². The van der Waals surface area contributed by atoms with E-state index < -0.39 is 0 Å². The summed E-state index contributed by atoms with van der Waals surface area (Å²) in [5.74, 6) is 0.329. The Bertz CT molecular complexity index is 236. The number of aliphatic hydroxyl groups excluding tert-OH is 1. The van der Waals surface area contributed by atoms with Gasteiger partial charge in [0.05, 0.1) is 0 Å². The Labute approximate surface area is 60.4 Å². The third kappa shape index (κ3) is 1.10. The Kier molecular flexibility index (Phi) is 1.62. The molecule has 0 aromatic heterocycles. The number of hydrogen-bond donors (Lipinski definition) is 2. The molecule has 0 radical (unpaired) electrons. The first-order valence-corrected chi connectivity index (χ1v) is 3.26. The molecule has 0 fully saturated rings. The van der Waals surface area contributed by atoms with Gasteiger partial charge in [0, 0.05) is 12.1 Å². The van der Waals surface area contributed by atoms with Gasteiger partial charge in [-0.15, -0.1) is 0 Å². The average molecular weight is 137 g/mol. The molecule has 10 heavy (non-hydrogen) atoms. The van der Waals surface area contributed by atoms with Gasteiger partial charge in [0.2, 0.25) is 0 Å². The van der Waals surface area contributed by atoms with Gasteiger partial charge in [0.1, 0.15) is 5.76 Å². The second-order valence-electron chi connectivity index (χ2n) is 2.61. The van der Waals surface area contributed by atoms with Gasteiger partial charge in [-0.25, -0.2) is 0 Å². The molecule has 0 aliphatic heterocycles. The molecule has 2 heteroatoms. The number of aliphatic hydroxyl groups is 1. The fourth-order valence-corrected chi connectivity index (χ4v) is 0.941. The van der Waals surface area contributed by atoms with Crippen LogP contribution in [0.4, 0.5) is 0 Å². The maximum atomic E-state index is 9.16. The Balaban J connectivity index is 2.99. The van der Waals surface area contributed by atoms with E-state index in [1.54, 1.807) is 0 Å². The van der Waals surface area contributed by atoms with E-state index in [0.717, 1.165) is 11.1 Å². The molecule has 0 saturated heterocycles. The summed E-state index contributed by atoms with van der Waals surface area (Å²) in [7, 11) is 0. The summed E-state index contributed by atoms with van der Waals surface area (Å²) in [5.41, 5.74) is 2.35. The summed E-state index contributed by atoms with van der Waals surface area (Å²) in [6.45, 7) is 3.74. The van der Waals surface area contributed by atoms with E-state index in [1.165, 1.54) is 0 Å². The second kappa shape index (κ2) is 2.29. The number of nitrogens with one attached hydrogen (secondary N) is 1. The quantitative estimate of drug-likeness (QED) is 0.528.